The third-order valence-corrected chi connectivity index (χ3v) is 2.94. The van der Waals surface area contributed by atoms with Crippen LogP contribution in [0.2, 0.25) is 0 Å². The lowest BCUT2D eigenvalue weighted by Crippen LogP contribution is -2.38. The second kappa shape index (κ2) is 5.58. The van der Waals surface area contributed by atoms with Gasteiger partial charge >= 0.3 is 0 Å². The number of rotatable bonds is 5. The summed E-state index contributed by atoms with van der Waals surface area (Å²) >= 11 is 0. The highest BCUT2D eigenvalue weighted by molar-refractivity contribution is 4.78. The van der Waals surface area contributed by atoms with E-state index in [0.29, 0.717) is 0 Å². The Hall–Kier alpha value is -0.120. The third-order valence-electron chi connectivity index (χ3n) is 2.94. The molecule has 0 saturated carbocycles. The van der Waals surface area contributed by atoms with Crippen molar-refractivity contribution in [3.8, 4) is 0 Å². The van der Waals surface area contributed by atoms with E-state index in [9.17, 15) is 0 Å². The van der Waals surface area contributed by atoms with E-state index in [0.717, 1.165) is 19.1 Å². The van der Waals surface area contributed by atoms with Crippen LogP contribution in [0.5, 0.6) is 0 Å². The SMILES string of the molecule is CNCCN(C)CC1CCCN1C. The van der Waals surface area contributed by atoms with Gasteiger partial charge in [0.25, 0.3) is 0 Å². The van der Waals surface area contributed by atoms with Crippen molar-refractivity contribution in [2.24, 2.45) is 0 Å². The molecule has 0 spiro atoms. The predicted octanol–water partition coefficient (Wildman–Crippen LogP) is 0.232. The predicted molar refractivity (Wildman–Crippen MR) is 57.1 cm³/mol. The fourth-order valence-electron chi connectivity index (χ4n) is 1.96. The van der Waals surface area contributed by atoms with E-state index < -0.39 is 0 Å². The molecule has 1 fully saturated rings. The molecule has 1 N–H and O–H groups in total. The molecule has 0 bridgehead atoms. The lowest BCUT2D eigenvalue weighted by Gasteiger charge is -2.25. The van der Waals surface area contributed by atoms with Gasteiger partial charge in [-0.05, 0) is 40.5 Å². The molecule has 1 aliphatic heterocycles. The summed E-state index contributed by atoms with van der Waals surface area (Å²) in [6.45, 7) is 4.75. The smallest absolute Gasteiger partial charge is 0.0220 e. The van der Waals surface area contributed by atoms with Gasteiger partial charge in [-0.2, -0.15) is 0 Å². The van der Waals surface area contributed by atoms with Crippen molar-refractivity contribution in [1.82, 2.24) is 15.1 Å². The summed E-state index contributed by atoms with van der Waals surface area (Å²) in [6, 6.07) is 0.793. The largest absolute Gasteiger partial charge is 0.318 e. The first-order chi connectivity index (χ1) is 6.24. The van der Waals surface area contributed by atoms with Crippen LogP contribution in [0.25, 0.3) is 0 Å². The molecule has 1 unspecified atom stereocenters. The molecular formula is C10H23N3. The summed E-state index contributed by atoms with van der Waals surface area (Å²) in [5.41, 5.74) is 0. The molecule has 0 radical (unpaired) electrons. The Bertz CT molecular complexity index is 138. The van der Waals surface area contributed by atoms with Crippen LogP contribution in [0.3, 0.4) is 0 Å². The molecule has 0 aromatic heterocycles. The van der Waals surface area contributed by atoms with Gasteiger partial charge < -0.3 is 15.1 Å². The minimum atomic E-state index is 0.793. The average molecular weight is 185 g/mol. The summed E-state index contributed by atoms with van der Waals surface area (Å²) in [6.07, 6.45) is 2.75. The van der Waals surface area contributed by atoms with Crippen molar-refractivity contribution >= 4 is 0 Å². The zero-order chi connectivity index (χ0) is 9.68. The van der Waals surface area contributed by atoms with Gasteiger partial charge in [0, 0.05) is 25.7 Å². The molecule has 1 saturated heterocycles. The number of likely N-dealkylation sites (N-methyl/N-ethyl adjacent to an activating group) is 3. The van der Waals surface area contributed by atoms with E-state index >= 15 is 0 Å². The van der Waals surface area contributed by atoms with Crippen molar-refractivity contribution in [2.75, 3.05) is 47.3 Å². The van der Waals surface area contributed by atoms with Crippen LogP contribution < -0.4 is 5.32 Å². The van der Waals surface area contributed by atoms with Gasteiger partial charge in [-0.1, -0.05) is 0 Å². The normalized spacial score (nSPS) is 24.5. The van der Waals surface area contributed by atoms with Crippen LogP contribution in [0.1, 0.15) is 12.8 Å². The highest BCUT2D eigenvalue weighted by Crippen LogP contribution is 2.14. The van der Waals surface area contributed by atoms with Crippen LogP contribution in [0.4, 0.5) is 0 Å². The Morgan fingerprint density at radius 2 is 2.31 bits per heavy atom. The Morgan fingerprint density at radius 3 is 2.85 bits per heavy atom. The molecule has 1 aliphatic rings. The van der Waals surface area contributed by atoms with E-state index in [1.54, 1.807) is 0 Å². The Kier molecular flexibility index (Phi) is 4.70. The van der Waals surface area contributed by atoms with Crippen LogP contribution in [-0.2, 0) is 0 Å². The lowest BCUT2D eigenvalue weighted by atomic mass is 10.2. The minimum absolute atomic E-state index is 0.793. The van der Waals surface area contributed by atoms with Gasteiger partial charge in [0.2, 0.25) is 0 Å². The number of nitrogens with one attached hydrogen (secondary N) is 1. The first-order valence-electron chi connectivity index (χ1n) is 5.27. The van der Waals surface area contributed by atoms with Gasteiger partial charge in [0.05, 0.1) is 0 Å². The van der Waals surface area contributed by atoms with Crippen molar-refractivity contribution in [3.63, 3.8) is 0 Å². The molecule has 1 rings (SSSR count). The van der Waals surface area contributed by atoms with Crippen molar-refractivity contribution < 1.29 is 0 Å². The van der Waals surface area contributed by atoms with Crippen LogP contribution in [0, 0.1) is 0 Å². The molecule has 78 valence electrons. The molecule has 0 amide bonds. The van der Waals surface area contributed by atoms with E-state index in [1.165, 1.54) is 25.9 Å². The summed E-state index contributed by atoms with van der Waals surface area (Å²) < 4.78 is 0. The highest BCUT2D eigenvalue weighted by atomic mass is 15.2. The molecule has 0 aliphatic carbocycles. The van der Waals surface area contributed by atoms with Crippen molar-refractivity contribution in [2.45, 2.75) is 18.9 Å². The van der Waals surface area contributed by atoms with Gasteiger partial charge in [-0.3, -0.25) is 0 Å². The monoisotopic (exact) mass is 185 g/mol. The van der Waals surface area contributed by atoms with Crippen LogP contribution in [-0.4, -0.2) is 63.2 Å². The zero-order valence-electron chi connectivity index (χ0n) is 9.21. The molecule has 0 aromatic rings. The maximum Gasteiger partial charge on any atom is 0.0220 e. The van der Waals surface area contributed by atoms with Crippen LogP contribution in [0.15, 0.2) is 0 Å². The van der Waals surface area contributed by atoms with E-state index in [1.807, 2.05) is 7.05 Å². The number of nitrogens with zero attached hydrogens (tertiary/aromatic N) is 2. The number of likely N-dealkylation sites (tertiary alicyclic amines) is 1. The second-order valence-corrected chi connectivity index (χ2v) is 4.14. The molecule has 0 aromatic carbocycles. The summed E-state index contributed by atoms with van der Waals surface area (Å²) in [4.78, 5) is 4.90. The summed E-state index contributed by atoms with van der Waals surface area (Å²) in [5.74, 6) is 0. The Labute approximate surface area is 82.1 Å². The fourth-order valence-corrected chi connectivity index (χ4v) is 1.96. The second-order valence-electron chi connectivity index (χ2n) is 4.14. The highest BCUT2D eigenvalue weighted by Gasteiger charge is 2.21. The van der Waals surface area contributed by atoms with E-state index in [2.05, 4.69) is 29.2 Å². The van der Waals surface area contributed by atoms with Gasteiger partial charge in [-0.15, -0.1) is 0 Å². The minimum Gasteiger partial charge on any atom is -0.318 e. The molecule has 13 heavy (non-hydrogen) atoms. The summed E-state index contributed by atoms with van der Waals surface area (Å²) in [7, 11) is 6.46. The topological polar surface area (TPSA) is 18.5 Å². The maximum absolute atomic E-state index is 3.18. The van der Waals surface area contributed by atoms with Gasteiger partial charge in [0.15, 0.2) is 0 Å². The molecule has 1 atom stereocenters. The first-order valence-corrected chi connectivity index (χ1v) is 5.27. The molecule has 1 heterocycles. The Balaban J connectivity index is 2.15. The van der Waals surface area contributed by atoms with E-state index in [-0.39, 0.29) is 0 Å². The number of hydrogen-bond acceptors (Lipinski definition) is 3. The fraction of sp³-hybridized carbons (Fsp3) is 1.00. The van der Waals surface area contributed by atoms with Gasteiger partial charge in [-0.25, -0.2) is 0 Å². The van der Waals surface area contributed by atoms with Crippen molar-refractivity contribution in [1.29, 1.82) is 0 Å². The standard InChI is InChI=1S/C10H23N3/c1-11-6-8-12(2)9-10-5-4-7-13(10)3/h10-11H,4-9H2,1-3H3. The average Bonchev–Trinajstić information content (AvgIpc) is 2.48. The van der Waals surface area contributed by atoms with Gasteiger partial charge in [0.1, 0.15) is 0 Å². The maximum atomic E-state index is 3.18. The van der Waals surface area contributed by atoms with E-state index in [4.69, 9.17) is 0 Å². The van der Waals surface area contributed by atoms with Crippen molar-refractivity contribution in [3.05, 3.63) is 0 Å². The summed E-state index contributed by atoms with van der Waals surface area (Å²) in [5, 5.41) is 3.18. The van der Waals surface area contributed by atoms with Crippen LogP contribution >= 0.6 is 0 Å². The Morgan fingerprint density at radius 1 is 1.54 bits per heavy atom. The molecule has 3 heteroatoms. The third kappa shape index (κ3) is 3.63. The zero-order valence-corrected chi connectivity index (χ0v) is 9.21. The lowest BCUT2D eigenvalue weighted by molar-refractivity contribution is 0.221. The first kappa shape index (κ1) is 11.0. The molecular weight excluding hydrogens is 162 g/mol. The molecule has 3 nitrogen and oxygen atoms in total. The quantitative estimate of drug-likeness (QED) is 0.661. The number of hydrogen-bond donors (Lipinski definition) is 1.